The minimum atomic E-state index is -1.00. The van der Waals surface area contributed by atoms with Crippen LogP contribution in [-0.2, 0) is 43.2 Å². The summed E-state index contributed by atoms with van der Waals surface area (Å²) in [4.78, 5) is 81.4. The third-order valence-electron chi connectivity index (χ3n) is 8.21. The van der Waals surface area contributed by atoms with E-state index < -0.39 is 36.0 Å². The number of aromatic amines is 2. The minimum absolute atomic E-state index is 0.182. The average Bonchev–Trinajstić information content (AvgIpc) is 3.88. The molecular formula is C31H39N9O5. The van der Waals surface area contributed by atoms with E-state index in [1.165, 1.54) is 17.6 Å². The highest BCUT2D eigenvalue weighted by Crippen LogP contribution is 2.20. The van der Waals surface area contributed by atoms with Crippen molar-refractivity contribution in [2.45, 2.75) is 75.2 Å². The quantitative estimate of drug-likeness (QED) is 0.131. The summed E-state index contributed by atoms with van der Waals surface area (Å²) in [7, 11) is 0. The molecule has 0 aliphatic carbocycles. The van der Waals surface area contributed by atoms with Gasteiger partial charge in [0, 0.05) is 49.6 Å². The molecular weight excluding hydrogens is 578 g/mol. The SMILES string of the molecule is O=C[C@H](Cc1cnc[nH]1)NC(=O)[C@H](Cc1ccccc1)NC(=O)[C@@H]1CCCN1C(=O)[C@H](Cc1cnc[nH]1)NC(=O)[C@@H]1CCCN1. The first-order valence-electron chi connectivity index (χ1n) is 15.3. The number of imidazole rings is 2. The Labute approximate surface area is 260 Å². The van der Waals surface area contributed by atoms with E-state index in [4.69, 9.17) is 0 Å². The predicted molar refractivity (Wildman–Crippen MR) is 162 cm³/mol. The number of carbonyl (C=O) groups is 5. The van der Waals surface area contributed by atoms with Gasteiger partial charge in [0.1, 0.15) is 24.4 Å². The van der Waals surface area contributed by atoms with Crippen LogP contribution in [0.4, 0.5) is 0 Å². The molecule has 2 aliphatic heterocycles. The Balaban J connectivity index is 1.29. The smallest absolute Gasteiger partial charge is 0.246 e. The molecule has 5 rings (SSSR count). The molecule has 238 valence electrons. The third kappa shape index (κ3) is 8.41. The van der Waals surface area contributed by atoms with Crippen molar-refractivity contribution in [3.05, 3.63) is 72.3 Å². The van der Waals surface area contributed by atoms with E-state index in [1.807, 2.05) is 30.3 Å². The molecule has 14 heteroatoms. The number of carbonyl (C=O) groups excluding carboxylic acids is 5. The Morgan fingerprint density at radius 2 is 1.58 bits per heavy atom. The van der Waals surface area contributed by atoms with Crippen LogP contribution in [0.1, 0.15) is 42.6 Å². The number of amides is 4. The largest absolute Gasteiger partial charge is 0.348 e. The first kappa shape index (κ1) is 31.6. The molecule has 14 nitrogen and oxygen atoms in total. The molecule has 3 aromatic rings. The number of rotatable bonds is 14. The van der Waals surface area contributed by atoms with Gasteiger partial charge in [-0.15, -0.1) is 0 Å². The molecule has 6 N–H and O–H groups in total. The van der Waals surface area contributed by atoms with Crippen molar-refractivity contribution in [1.82, 2.24) is 46.1 Å². The van der Waals surface area contributed by atoms with E-state index in [9.17, 15) is 24.0 Å². The Morgan fingerprint density at radius 3 is 2.22 bits per heavy atom. The molecule has 2 aliphatic rings. The van der Waals surface area contributed by atoms with Gasteiger partial charge in [0.25, 0.3) is 0 Å². The summed E-state index contributed by atoms with van der Waals surface area (Å²) in [5.41, 5.74) is 2.17. The fourth-order valence-electron chi connectivity index (χ4n) is 5.88. The van der Waals surface area contributed by atoms with Gasteiger partial charge >= 0.3 is 0 Å². The van der Waals surface area contributed by atoms with Gasteiger partial charge in [0.05, 0.1) is 24.7 Å². The predicted octanol–water partition coefficient (Wildman–Crippen LogP) is -0.443. The van der Waals surface area contributed by atoms with Crippen molar-refractivity contribution in [2.24, 2.45) is 0 Å². The molecule has 45 heavy (non-hydrogen) atoms. The van der Waals surface area contributed by atoms with Crippen molar-refractivity contribution in [2.75, 3.05) is 13.1 Å². The summed E-state index contributed by atoms with van der Waals surface area (Å²) in [6.07, 6.45) is 9.95. The van der Waals surface area contributed by atoms with Gasteiger partial charge in [0.15, 0.2) is 0 Å². The molecule has 4 heterocycles. The summed E-state index contributed by atoms with van der Waals surface area (Å²) in [6.45, 7) is 1.07. The zero-order chi connectivity index (χ0) is 31.6. The van der Waals surface area contributed by atoms with E-state index in [1.54, 1.807) is 12.4 Å². The van der Waals surface area contributed by atoms with Crippen molar-refractivity contribution >= 4 is 29.9 Å². The van der Waals surface area contributed by atoms with Crippen LogP contribution in [0.3, 0.4) is 0 Å². The molecule has 0 saturated carbocycles. The zero-order valence-corrected chi connectivity index (χ0v) is 24.9. The molecule has 0 radical (unpaired) electrons. The number of benzene rings is 1. The number of nitrogens with one attached hydrogen (secondary N) is 6. The summed E-state index contributed by atoms with van der Waals surface area (Å²) < 4.78 is 0. The van der Waals surface area contributed by atoms with Crippen LogP contribution in [-0.4, -0.2) is 98.0 Å². The van der Waals surface area contributed by atoms with Gasteiger partial charge in [-0.2, -0.15) is 0 Å². The second kappa shape index (κ2) is 15.2. The van der Waals surface area contributed by atoms with Crippen molar-refractivity contribution < 1.29 is 24.0 Å². The maximum atomic E-state index is 13.9. The topological polar surface area (TPSA) is 194 Å². The van der Waals surface area contributed by atoms with Gasteiger partial charge in [-0.3, -0.25) is 19.2 Å². The van der Waals surface area contributed by atoms with Gasteiger partial charge in [0.2, 0.25) is 23.6 Å². The van der Waals surface area contributed by atoms with Crippen LogP contribution < -0.4 is 21.3 Å². The number of hydrogen-bond donors (Lipinski definition) is 6. The average molecular weight is 618 g/mol. The summed E-state index contributed by atoms with van der Waals surface area (Å²) in [5.74, 6) is -1.63. The van der Waals surface area contributed by atoms with Crippen LogP contribution in [0.2, 0.25) is 0 Å². The number of aromatic nitrogens is 4. The zero-order valence-electron chi connectivity index (χ0n) is 24.9. The number of hydrogen-bond acceptors (Lipinski definition) is 8. The number of H-pyrrole nitrogens is 2. The third-order valence-corrected chi connectivity index (χ3v) is 8.21. The lowest BCUT2D eigenvalue weighted by Gasteiger charge is -2.30. The first-order valence-corrected chi connectivity index (χ1v) is 15.3. The lowest BCUT2D eigenvalue weighted by Crippen LogP contribution is -2.58. The molecule has 4 amide bonds. The molecule has 0 unspecified atom stereocenters. The molecule has 1 aromatic carbocycles. The van der Waals surface area contributed by atoms with Gasteiger partial charge in [-0.1, -0.05) is 30.3 Å². The lowest BCUT2D eigenvalue weighted by atomic mass is 10.0. The normalized spacial score (nSPS) is 19.8. The minimum Gasteiger partial charge on any atom is -0.348 e. The summed E-state index contributed by atoms with van der Waals surface area (Å²) in [6, 6.07) is 5.27. The van der Waals surface area contributed by atoms with Gasteiger partial charge in [-0.05, 0) is 37.8 Å². The van der Waals surface area contributed by atoms with Crippen LogP contribution in [0.5, 0.6) is 0 Å². The van der Waals surface area contributed by atoms with E-state index in [2.05, 4.69) is 41.2 Å². The Hall–Kier alpha value is -4.85. The van der Waals surface area contributed by atoms with Crippen LogP contribution in [0.25, 0.3) is 0 Å². The summed E-state index contributed by atoms with van der Waals surface area (Å²) in [5, 5.41) is 11.6. The fourth-order valence-corrected chi connectivity index (χ4v) is 5.88. The van der Waals surface area contributed by atoms with E-state index in [0.29, 0.717) is 43.5 Å². The van der Waals surface area contributed by atoms with Crippen LogP contribution in [0.15, 0.2) is 55.4 Å². The highest BCUT2D eigenvalue weighted by atomic mass is 16.2. The monoisotopic (exact) mass is 617 g/mol. The van der Waals surface area contributed by atoms with E-state index in [0.717, 1.165) is 18.5 Å². The Kier molecular flexibility index (Phi) is 10.7. The standard InChI is InChI=1S/C31H39N9O5/c41-17-23(13-21-15-32-18-35-21)37-29(43)25(12-20-6-2-1-3-7-20)38-30(44)27-9-5-11-40(27)31(45)26(14-22-16-33-19-36-22)39-28(42)24-8-4-10-34-24/h1-3,6-7,15-19,23-27,34H,4-5,8-14H2,(H,32,35)(H,33,36)(H,37,43)(H,38,44)(H,39,42)/t23-,24-,25-,26-,27-/m0/s1. The van der Waals surface area contributed by atoms with E-state index in [-0.39, 0.29) is 37.1 Å². The summed E-state index contributed by atoms with van der Waals surface area (Å²) >= 11 is 0. The second-order valence-corrected chi connectivity index (χ2v) is 11.5. The van der Waals surface area contributed by atoms with Crippen LogP contribution in [0, 0.1) is 0 Å². The highest BCUT2D eigenvalue weighted by molar-refractivity contribution is 5.95. The fraction of sp³-hybridized carbons (Fsp3) is 0.452. The molecule has 2 fully saturated rings. The van der Waals surface area contributed by atoms with E-state index >= 15 is 0 Å². The van der Waals surface area contributed by atoms with Crippen molar-refractivity contribution in [1.29, 1.82) is 0 Å². The van der Waals surface area contributed by atoms with Crippen molar-refractivity contribution in [3.63, 3.8) is 0 Å². The highest BCUT2D eigenvalue weighted by Gasteiger charge is 2.40. The molecule has 0 bridgehead atoms. The van der Waals surface area contributed by atoms with Crippen LogP contribution >= 0.6 is 0 Å². The molecule has 0 spiro atoms. The van der Waals surface area contributed by atoms with Gasteiger partial charge in [-0.25, -0.2) is 9.97 Å². The van der Waals surface area contributed by atoms with Gasteiger partial charge < -0.3 is 40.9 Å². The molecule has 5 atom stereocenters. The number of aldehydes is 1. The maximum absolute atomic E-state index is 13.9. The Morgan fingerprint density at radius 1 is 0.867 bits per heavy atom. The Bertz CT molecular complexity index is 1420. The van der Waals surface area contributed by atoms with Crippen molar-refractivity contribution in [3.8, 4) is 0 Å². The maximum Gasteiger partial charge on any atom is 0.246 e. The molecule has 2 saturated heterocycles. The first-order chi connectivity index (χ1) is 21.9. The second-order valence-electron chi connectivity index (χ2n) is 11.5. The number of likely N-dealkylation sites (tertiary alicyclic amines) is 1. The lowest BCUT2D eigenvalue weighted by molar-refractivity contribution is -0.142. The number of nitrogens with zero attached hydrogens (tertiary/aromatic N) is 3. The molecule has 2 aromatic heterocycles.